The predicted octanol–water partition coefficient (Wildman–Crippen LogP) is 1.47. The van der Waals surface area contributed by atoms with Gasteiger partial charge in [-0.1, -0.05) is 12.2 Å². The van der Waals surface area contributed by atoms with Crippen molar-refractivity contribution in [3.05, 3.63) is 12.2 Å². The number of esters is 4. The fourth-order valence-corrected chi connectivity index (χ4v) is 5.89. The quantitative estimate of drug-likeness (QED) is 0.137. The van der Waals surface area contributed by atoms with E-state index in [1.54, 1.807) is 12.2 Å². The summed E-state index contributed by atoms with van der Waals surface area (Å²) < 4.78 is 63.8. The van der Waals surface area contributed by atoms with E-state index in [-0.39, 0.29) is 26.2 Å². The van der Waals surface area contributed by atoms with Crippen molar-refractivity contribution in [3.8, 4) is 0 Å². The minimum Gasteiger partial charge on any atom is -0.463 e. The van der Waals surface area contributed by atoms with Crippen molar-refractivity contribution in [3.63, 3.8) is 0 Å². The van der Waals surface area contributed by atoms with Gasteiger partial charge >= 0.3 is 23.9 Å². The molecule has 15 nitrogen and oxygen atoms in total. The molecule has 4 saturated heterocycles. The molecule has 0 amide bonds. The first kappa shape index (κ1) is 35.2. The van der Waals surface area contributed by atoms with Crippen molar-refractivity contribution in [2.45, 2.75) is 135 Å². The van der Waals surface area contributed by atoms with Gasteiger partial charge in [-0.2, -0.15) is 0 Å². The minimum absolute atomic E-state index is 0.178. The first-order valence-electron chi connectivity index (χ1n) is 14.9. The molecule has 0 radical (unpaired) electrons. The molecule has 0 aliphatic carbocycles. The van der Waals surface area contributed by atoms with Crippen LogP contribution in [0.4, 0.5) is 0 Å². The molecule has 0 aromatic carbocycles. The second-order valence-electron chi connectivity index (χ2n) is 12.2. The molecule has 0 aromatic rings. The van der Waals surface area contributed by atoms with Gasteiger partial charge in [0.05, 0.1) is 13.2 Å². The van der Waals surface area contributed by atoms with Crippen LogP contribution in [0.5, 0.6) is 0 Å². The SMILES string of the molecule is CC(=O)OC[C@H]1O[C@H](C/C=C/COC[C@H]2O[C@@H]3OC(C)(C)O[C@@H]3[C@H]3OC(C)(C)O[C@H]32)[C@H](OC(C)=O)[C@@H](OC(C)=O)[C@H]1OC(C)=O. The summed E-state index contributed by atoms with van der Waals surface area (Å²) in [6.45, 7) is 12.1. The third kappa shape index (κ3) is 9.21. The number of carbonyl (C=O) groups is 4. The van der Waals surface area contributed by atoms with Crippen LogP contribution >= 0.6 is 0 Å². The first-order chi connectivity index (χ1) is 21.0. The number of hydrogen-bond acceptors (Lipinski definition) is 15. The van der Waals surface area contributed by atoms with Crippen LogP contribution in [0, 0.1) is 0 Å². The summed E-state index contributed by atoms with van der Waals surface area (Å²) in [7, 11) is 0. The molecule has 0 saturated carbocycles. The molecule has 15 heteroatoms. The van der Waals surface area contributed by atoms with Crippen LogP contribution in [0.2, 0.25) is 0 Å². The molecular formula is C30H44O15. The van der Waals surface area contributed by atoms with Gasteiger partial charge in [0.15, 0.2) is 36.2 Å². The average Bonchev–Trinajstić information content (AvgIpc) is 3.40. The fourth-order valence-electron chi connectivity index (χ4n) is 5.89. The van der Waals surface area contributed by atoms with Crippen LogP contribution in [0.15, 0.2) is 12.2 Å². The molecule has 0 bridgehead atoms. The maximum atomic E-state index is 12.0. The zero-order valence-electron chi connectivity index (χ0n) is 26.9. The van der Waals surface area contributed by atoms with Crippen molar-refractivity contribution in [1.82, 2.24) is 0 Å². The van der Waals surface area contributed by atoms with E-state index in [1.165, 1.54) is 27.7 Å². The molecule has 0 unspecified atom stereocenters. The van der Waals surface area contributed by atoms with Gasteiger partial charge in [-0.05, 0) is 34.1 Å². The minimum atomic E-state index is -1.22. The Morgan fingerprint density at radius 1 is 0.600 bits per heavy atom. The molecule has 4 fully saturated rings. The predicted molar refractivity (Wildman–Crippen MR) is 149 cm³/mol. The van der Waals surface area contributed by atoms with Crippen LogP contribution < -0.4 is 0 Å². The van der Waals surface area contributed by atoms with Crippen LogP contribution in [0.1, 0.15) is 61.8 Å². The van der Waals surface area contributed by atoms with Gasteiger partial charge in [0.2, 0.25) is 0 Å². The Morgan fingerprint density at radius 3 is 1.78 bits per heavy atom. The number of carbonyl (C=O) groups excluding carboxylic acids is 4. The van der Waals surface area contributed by atoms with E-state index in [1.807, 2.05) is 27.7 Å². The van der Waals surface area contributed by atoms with E-state index < -0.39 is 96.7 Å². The third-order valence-corrected chi connectivity index (χ3v) is 7.37. The molecule has 0 N–H and O–H groups in total. The highest BCUT2D eigenvalue weighted by atomic mass is 16.9. The summed E-state index contributed by atoms with van der Waals surface area (Å²) in [5, 5.41) is 0. The fraction of sp³-hybridized carbons (Fsp3) is 0.800. The zero-order chi connectivity index (χ0) is 33.1. The van der Waals surface area contributed by atoms with E-state index in [2.05, 4.69) is 0 Å². The number of rotatable bonds is 11. The van der Waals surface area contributed by atoms with E-state index in [4.69, 9.17) is 52.1 Å². The highest BCUT2D eigenvalue weighted by molar-refractivity contribution is 5.68. The standard InChI is InChI=1S/C30H44O15/c1-15(31)36-14-21-23(38-17(3)33)25(39-18(4)34)22(37-16(2)32)19(40-21)11-9-10-12-35-13-20-24-26(43-29(5,6)42-24)27-28(41-20)45-30(7,8)44-27/h9-10,19-28H,11-14H2,1-8H3/b10-9+/t19-,20-,21-,22+,23+,24+,25-,26+,27-,28-/m1/s1. The van der Waals surface area contributed by atoms with Gasteiger partial charge in [-0.25, -0.2) is 0 Å². The zero-order valence-corrected chi connectivity index (χ0v) is 26.9. The molecule has 45 heavy (non-hydrogen) atoms. The largest absolute Gasteiger partial charge is 0.463 e. The summed E-state index contributed by atoms with van der Waals surface area (Å²) in [4.78, 5) is 47.5. The van der Waals surface area contributed by atoms with Crippen LogP contribution in [0.3, 0.4) is 0 Å². The lowest BCUT2D eigenvalue weighted by Gasteiger charge is -2.44. The number of fused-ring (bicyclic) bond motifs is 3. The maximum Gasteiger partial charge on any atom is 0.303 e. The van der Waals surface area contributed by atoms with E-state index in [0.29, 0.717) is 0 Å². The lowest BCUT2D eigenvalue weighted by Crippen LogP contribution is -2.62. The van der Waals surface area contributed by atoms with Crippen molar-refractivity contribution in [2.75, 3.05) is 19.8 Å². The smallest absolute Gasteiger partial charge is 0.303 e. The lowest BCUT2D eigenvalue weighted by atomic mass is 9.92. The van der Waals surface area contributed by atoms with Crippen LogP contribution in [-0.4, -0.2) is 116 Å². The molecular weight excluding hydrogens is 600 g/mol. The van der Waals surface area contributed by atoms with Crippen LogP contribution in [0.25, 0.3) is 0 Å². The summed E-state index contributed by atoms with van der Waals surface area (Å²) in [6, 6.07) is 0. The van der Waals surface area contributed by atoms with E-state index in [0.717, 1.165) is 0 Å². The van der Waals surface area contributed by atoms with Crippen molar-refractivity contribution < 1.29 is 71.3 Å². The monoisotopic (exact) mass is 644 g/mol. The Hall–Kier alpha value is -2.66. The van der Waals surface area contributed by atoms with Gasteiger partial charge in [0, 0.05) is 27.7 Å². The number of ether oxygens (including phenoxy) is 11. The average molecular weight is 645 g/mol. The Balaban J connectivity index is 1.40. The summed E-state index contributed by atoms with van der Waals surface area (Å²) >= 11 is 0. The maximum absolute atomic E-state index is 12.0. The van der Waals surface area contributed by atoms with E-state index in [9.17, 15) is 19.2 Å². The second kappa shape index (κ2) is 14.4. The van der Waals surface area contributed by atoms with Gasteiger partial charge in [0.25, 0.3) is 0 Å². The molecule has 0 aromatic heterocycles. The summed E-state index contributed by atoms with van der Waals surface area (Å²) in [6.07, 6.45) is -4.12. The topological polar surface area (TPSA) is 170 Å². The molecule has 0 spiro atoms. The highest BCUT2D eigenvalue weighted by Crippen LogP contribution is 2.44. The highest BCUT2D eigenvalue weighted by Gasteiger charge is 2.60. The third-order valence-electron chi connectivity index (χ3n) is 7.37. The molecule has 4 aliphatic rings. The van der Waals surface area contributed by atoms with Crippen molar-refractivity contribution >= 4 is 23.9 Å². The molecule has 10 atom stereocenters. The van der Waals surface area contributed by atoms with Crippen molar-refractivity contribution in [2.24, 2.45) is 0 Å². The molecule has 254 valence electrons. The molecule has 4 aliphatic heterocycles. The van der Waals surface area contributed by atoms with Gasteiger partial charge in [-0.15, -0.1) is 0 Å². The van der Waals surface area contributed by atoms with Crippen LogP contribution in [-0.2, 0) is 71.3 Å². The Labute approximate surface area is 262 Å². The Kier molecular flexibility index (Phi) is 11.3. The van der Waals surface area contributed by atoms with Crippen molar-refractivity contribution in [1.29, 1.82) is 0 Å². The first-order valence-corrected chi connectivity index (χ1v) is 14.9. The van der Waals surface area contributed by atoms with E-state index >= 15 is 0 Å². The normalized spacial score (nSPS) is 36.5. The summed E-state index contributed by atoms with van der Waals surface area (Å²) in [5.74, 6) is -4.29. The second-order valence-corrected chi connectivity index (χ2v) is 12.2. The van der Waals surface area contributed by atoms with Gasteiger partial charge in [0.1, 0.15) is 43.2 Å². The molecule has 4 rings (SSSR count). The molecule has 4 heterocycles. The Bertz CT molecular complexity index is 1120. The lowest BCUT2D eigenvalue weighted by molar-refractivity contribution is -0.251. The summed E-state index contributed by atoms with van der Waals surface area (Å²) in [5.41, 5.74) is 0. The number of hydrogen-bond donors (Lipinski definition) is 0. The van der Waals surface area contributed by atoms with Gasteiger partial charge in [-0.3, -0.25) is 19.2 Å². The Morgan fingerprint density at radius 2 is 1.16 bits per heavy atom. The van der Waals surface area contributed by atoms with Gasteiger partial charge < -0.3 is 52.1 Å².